The Labute approximate surface area is 210 Å². The zero-order valence-electron chi connectivity index (χ0n) is 20.1. The number of ether oxygens (including phenoxy) is 1. The summed E-state index contributed by atoms with van der Waals surface area (Å²) in [5.41, 5.74) is 1.21. The van der Waals surface area contributed by atoms with Crippen LogP contribution in [0.2, 0.25) is 0 Å². The van der Waals surface area contributed by atoms with Crippen LogP contribution in [0.1, 0.15) is 49.9 Å². The molecule has 7 nitrogen and oxygen atoms in total. The molecule has 0 saturated carbocycles. The van der Waals surface area contributed by atoms with Gasteiger partial charge < -0.3 is 9.30 Å². The molecule has 4 rings (SSSR count). The largest absolute Gasteiger partial charge is 0.492 e. The van der Waals surface area contributed by atoms with Crippen LogP contribution in [-0.2, 0) is 16.6 Å². The van der Waals surface area contributed by atoms with E-state index in [-0.39, 0.29) is 10.9 Å². The molecule has 2 heterocycles. The molecule has 1 atom stereocenters. The van der Waals surface area contributed by atoms with Crippen molar-refractivity contribution in [2.24, 2.45) is 4.99 Å². The number of fused-ring (bicyclic) bond motifs is 1. The molecule has 35 heavy (non-hydrogen) atoms. The van der Waals surface area contributed by atoms with Crippen molar-refractivity contribution in [3.05, 3.63) is 65.5 Å². The minimum atomic E-state index is -3.60. The van der Waals surface area contributed by atoms with E-state index in [0.29, 0.717) is 30.1 Å². The van der Waals surface area contributed by atoms with Gasteiger partial charge in [-0.15, -0.1) is 6.58 Å². The second kappa shape index (κ2) is 10.9. The first kappa shape index (κ1) is 25.3. The molecule has 1 saturated heterocycles. The maximum absolute atomic E-state index is 13.2. The topological polar surface area (TPSA) is 81.0 Å². The molecule has 1 amide bonds. The summed E-state index contributed by atoms with van der Waals surface area (Å²) in [7, 11) is -3.60. The second-order valence-electron chi connectivity index (χ2n) is 8.43. The van der Waals surface area contributed by atoms with Gasteiger partial charge in [-0.3, -0.25) is 4.79 Å². The number of rotatable bonds is 8. The van der Waals surface area contributed by atoms with Crippen LogP contribution in [0, 0.1) is 0 Å². The Balaban J connectivity index is 1.67. The number of amides is 1. The average Bonchev–Trinajstić information content (AvgIpc) is 3.22. The Morgan fingerprint density at radius 3 is 2.66 bits per heavy atom. The van der Waals surface area contributed by atoms with E-state index in [1.165, 1.54) is 23.5 Å². The van der Waals surface area contributed by atoms with Crippen molar-refractivity contribution >= 4 is 37.5 Å². The van der Waals surface area contributed by atoms with Gasteiger partial charge in [0.25, 0.3) is 5.91 Å². The molecule has 2 aromatic carbocycles. The Morgan fingerprint density at radius 1 is 1.20 bits per heavy atom. The summed E-state index contributed by atoms with van der Waals surface area (Å²) in [5.74, 6) is 0.301. The summed E-state index contributed by atoms with van der Waals surface area (Å²) >= 11 is 1.40. The van der Waals surface area contributed by atoms with Crippen molar-refractivity contribution in [1.29, 1.82) is 0 Å². The van der Waals surface area contributed by atoms with Crippen molar-refractivity contribution in [2.75, 3.05) is 13.2 Å². The third-order valence-electron chi connectivity index (χ3n) is 6.22. The lowest BCUT2D eigenvalue weighted by molar-refractivity contribution is 0.0997. The van der Waals surface area contributed by atoms with Crippen LogP contribution in [0.5, 0.6) is 5.75 Å². The first-order chi connectivity index (χ1) is 16.9. The van der Waals surface area contributed by atoms with Gasteiger partial charge in [-0.2, -0.15) is 9.30 Å². The molecular weight excluding hydrogens is 482 g/mol. The summed E-state index contributed by atoms with van der Waals surface area (Å²) in [5, 5.41) is 0. The van der Waals surface area contributed by atoms with E-state index in [0.717, 1.165) is 41.6 Å². The predicted molar refractivity (Wildman–Crippen MR) is 139 cm³/mol. The van der Waals surface area contributed by atoms with Gasteiger partial charge in [0.2, 0.25) is 10.0 Å². The van der Waals surface area contributed by atoms with Gasteiger partial charge in [-0.25, -0.2) is 8.42 Å². The normalized spacial score (nSPS) is 17.5. The molecule has 0 bridgehead atoms. The van der Waals surface area contributed by atoms with Crippen LogP contribution in [0.15, 0.2) is 65.0 Å². The highest BCUT2D eigenvalue weighted by atomic mass is 32.2. The number of allylic oxidation sites excluding steroid dienone is 1. The molecule has 1 unspecified atom stereocenters. The fourth-order valence-corrected chi connectivity index (χ4v) is 7.33. The first-order valence-electron chi connectivity index (χ1n) is 12.0. The van der Waals surface area contributed by atoms with Gasteiger partial charge in [0.15, 0.2) is 4.80 Å². The lowest BCUT2D eigenvalue weighted by atomic mass is 10.0. The number of para-hydroxylation sites is 1. The van der Waals surface area contributed by atoms with Crippen molar-refractivity contribution in [3.8, 4) is 5.75 Å². The number of piperidine rings is 1. The van der Waals surface area contributed by atoms with E-state index < -0.39 is 15.9 Å². The molecule has 186 valence electrons. The maximum Gasteiger partial charge on any atom is 0.279 e. The Morgan fingerprint density at radius 2 is 1.97 bits per heavy atom. The van der Waals surface area contributed by atoms with Crippen LogP contribution in [0.25, 0.3) is 10.2 Å². The molecule has 0 spiro atoms. The van der Waals surface area contributed by atoms with Crippen LogP contribution >= 0.6 is 11.3 Å². The van der Waals surface area contributed by atoms with Crippen molar-refractivity contribution in [1.82, 2.24) is 8.87 Å². The molecule has 0 N–H and O–H groups in total. The van der Waals surface area contributed by atoms with Gasteiger partial charge in [0, 0.05) is 24.7 Å². The van der Waals surface area contributed by atoms with E-state index in [1.807, 2.05) is 36.6 Å². The third-order valence-corrected chi connectivity index (χ3v) is 9.23. The number of thiazole rings is 1. The fraction of sp³-hybridized carbons (Fsp3) is 0.385. The molecule has 1 fully saturated rings. The van der Waals surface area contributed by atoms with E-state index in [9.17, 15) is 13.2 Å². The molecule has 0 aliphatic carbocycles. The number of sulfonamides is 1. The molecule has 1 aromatic heterocycles. The van der Waals surface area contributed by atoms with Crippen molar-refractivity contribution in [2.45, 2.75) is 57.0 Å². The van der Waals surface area contributed by atoms with Gasteiger partial charge in [0.1, 0.15) is 11.3 Å². The predicted octanol–water partition coefficient (Wildman–Crippen LogP) is 4.98. The number of nitrogens with zero attached hydrogens (tertiary/aromatic N) is 3. The Kier molecular flexibility index (Phi) is 7.88. The summed E-state index contributed by atoms with van der Waals surface area (Å²) in [6.07, 6.45) is 5.35. The average molecular weight is 514 g/mol. The first-order valence-corrected chi connectivity index (χ1v) is 14.2. The lowest BCUT2D eigenvalue weighted by Crippen LogP contribution is -2.43. The van der Waals surface area contributed by atoms with E-state index in [1.54, 1.807) is 22.5 Å². The standard InChI is InChI=1S/C26H31N3O4S2/c1-4-17-28-24-22(33-6-3)11-9-12-23(24)34-26(28)27-25(30)19-13-15-21(16-14-19)35(31,32)29-18-8-7-10-20(29)5-2/h4,9,11-16,20H,1,5-8,10,17-18H2,2-3H3. The van der Waals surface area contributed by atoms with Crippen molar-refractivity contribution < 1.29 is 17.9 Å². The van der Waals surface area contributed by atoms with E-state index >= 15 is 0 Å². The van der Waals surface area contributed by atoms with E-state index in [4.69, 9.17) is 4.74 Å². The van der Waals surface area contributed by atoms with Gasteiger partial charge >= 0.3 is 0 Å². The molecular formula is C26H31N3O4S2. The zero-order valence-corrected chi connectivity index (χ0v) is 21.8. The highest BCUT2D eigenvalue weighted by molar-refractivity contribution is 7.89. The third kappa shape index (κ3) is 5.12. The minimum Gasteiger partial charge on any atom is -0.492 e. The Bertz CT molecular complexity index is 1390. The molecule has 0 radical (unpaired) electrons. The SMILES string of the molecule is C=CCn1c(=NC(=O)c2ccc(S(=O)(=O)N3CCCCC3CC)cc2)sc2cccc(OCC)c21. The summed E-state index contributed by atoms with van der Waals surface area (Å²) < 4.78 is 36.7. The molecule has 9 heteroatoms. The van der Waals surface area contributed by atoms with Gasteiger partial charge in [0.05, 0.1) is 16.2 Å². The fourth-order valence-electron chi connectivity index (χ4n) is 4.51. The highest BCUT2D eigenvalue weighted by Gasteiger charge is 2.32. The van der Waals surface area contributed by atoms with Crippen LogP contribution < -0.4 is 9.54 Å². The Hall–Kier alpha value is -2.75. The quantitative estimate of drug-likeness (QED) is 0.398. The van der Waals surface area contributed by atoms with Gasteiger partial charge in [-0.05, 0) is 62.6 Å². The summed E-state index contributed by atoms with van der Waals surface area (Å²) in [6, 6.07) is 11.9. The maximum atomic E-state index is 13.2. The highest BCUT2D eigenvalue weighted by Crippen LogP contribution is 2.29. The minimum absolute atomic E-state index is 0.0277. The number of benzene rings is 2. The smallest absolute Gasteiger partial charge is 0.279 e. The lowest BCUT2D eigenvalue weighted by Gasteiger charge is -2.34. The summed E-state index contributed by atoms with van der Waals surface area (Å²) in [6.45, 7) is 9.32. The van der Waals surface area contributed by atoms with E-state index in [2.05, 4.69) is 11.6 Å². The second-order valence-corrected chi connectivity index (χ2v) is 11.3. The molecule has 1 aliphatic rings. The molecule has 3 aromatic rings. The number of aromatic nitrogens is 1. The monoisotopic (exact) mass is 513 g/mol. The number of carbonyl (C=O) groups excluding carboxylic acids is 1. The molecule has 1 aliphatic heterocycles. The van der Waals surface area contributed by atoms with Gasteiger partial charge in [-0.1, -0.05) is 36.8 Å². The number of hydrogen-bond donors (Lipinski definition) is 0. The summed E-state index contributed by atoms with van der Waals surface area (Å²) in [4.78, 5) is 18.1. The van der Waals surface area contributed by atoms with Crippen LogP contribution in [0.4, 0.5) is 0 Å². The van der Waals surface area contributed by atoms with Crippen LogP contribution in [-0.4, -0.2) is 42.4 Å². The number of hydrogen-bond acceptors (Lipinski definition) is 5. The number of carbonyl (C=O) groups is 1. The zero-order chi connectivity index (χ0) is 25.0. The van der Waals surface area contributed by atoms with Crippen molar-refractivity contribution in [3.63, 3.8) is 0 Å². The van der Waals surface area contributed by atoms with Crippen LogP contribution in [0.3, 0.4) is 0 Å².